The van der Waals surface area contributed by atoms with Gasteiger partial charge in [-0.05, 0) is 64.2 Å². The molecule has 0 saturated carbocycles. The molecule has 1 unspecified atom stereocenters. The van der Waals surface area contributed by atoms with Crippen LogP contribution in [0.2, 0.25) is 0 Å². The zero-order valence-corrected chi connectivity index (χ0v) is 47.2. The molecule has 0 aliphatic rings. The summed E-state index contributed by atoms with van der Waals surface area (Å²) < 4.78 is 16.9. The van der Waals surface area contributed by atoms with Gasteiger partial charge in [0, 0.05) is 19.3 Å². The number of allylic oxidation sites excluding steroid dienone is 16. The zero-order chi connectivity index (χ0) is 52.2. The molecule has 0 spiro atoms. The van der Waals surface area contributed by atoms with Crippen molar-refractivity contribution in [3.8, 4) is 0 Å². The van der Waals surface area contributed by atoms with Crippen LogP contribution in [0.3, 0.4) is 0 Å². The minimum Gasteiger partial charge on any atom is -0.462 e. The van der Waals surface area contributed by atoms with E-state index in [2.05, 4.69) is 51.2 Å². The lowest BCUT2D eigenvalue weighted by Crippen LogP contribution is -2.30. The van der Waals surface area contributed by atoms with E-state index >= 15 is 0 Å². The average molecular weight is 1000 g/mol. The second kappa shape index (κ2) is 59.9. The number of hydrogen-bond acceptors (Lipinski definition) is 6. The van der Waals surface area contributed by atoms with E-state index in [0.29, 0.717) is 19.3 Å². The topological polar surface area (TPSA) is 78.9 Å². The number of unbranched alkanes of at least 4 members (excludes halogenated alkanes) is 33. The highest BCUT2D eigenvalue weighted by Crippen LogP contribution is 2.16. The van der Waals surface area contributed by atoms with Crippen molar-refractivity contribution in [2.24, 2.45) is 0 Å². The van der Waals surface area contributed by atoms with Crippen LogP contribution in [0.25, 0.3) is 0 Å². The predicted molar refractivity (Wildman–Crippen MR) is 311 cm³/mol. The maximum Gasteiger partial charge on any atom is 0.306 e. The van der Waals surface area contributed by atoms with Crippen LogP contribution in [0.15, 0.2) is 97.2 Å². The Kier molecular flexibility index (Phi) is 56.8. The lowest BCUT2D eigenvalue weighted by molar-refractivity contribution is -0.167. The molecule has 0 aromatic rings. The molecule has 0 rings (SSSR count). The van der Waals surface area contributed by atoms with Gasteiger partial charge < -0.3 is 14.2 Å². The summed E-state index contributed by atoms with van der Waals surface area (Å²) >= 11 is 0. The van der Waals surface area contributed by atoms with Crippen molar-refractivity contribution in [3.63, 3.8) is 0 Å². The van der Waals surface area contributed by atoms with E-state index in [9.17, 15) is 14.4 Å². The van der Waals surface area contributed by atoms with E-state index in [1.165, 1.54) is 173 Å². The Hall–Kier alpha value is -3.67. The fourth-order valence-electron chi connectivity index (χ4n) is 8.48. The van der Waals surface area contributed by atoms with Gasteiger partial charge in [-0.3, -0.25) is 14.4 Å². The lowest BCUT2D eigenvalue weighted by Gasteiger charge is -2.18. The van der Waals surface area contributed by atoms with Gasteiger partial charge in [0.05, 0.1) is 0 Å². The molecule has 0 saturated heterocycles. The predicted octanol–water partition coefficient (Wildman–Crippen LogP) is 20.5. The van der Waals surface area contributed by atoms with Crippen LogP contribution in [0.4, 0.5) is 0 Å². The smallest absolute Gasteiger partial charge is 0.306 e. The Bertz CT molecular complexity index is 1430. The minimum absolute atomic E-state index is 0.0930. The SMILES string of the molecule is CC\C=C/C=C\C=C/C=C\C=C\C=C/C=C\CCCCCC(=O)OCC(COC(=O)CCCCCCCCC/C=C\CCCCCCCC)OC(=O)CCCCCCCCCCCCCCCCCCCC. The third-order valence-electron chi connectivity index (χ3n) is 13.0. The number of carbonyl (C=O) groups excluding carboxylic acids is 3. The van der Waals surface area contributed by atoms with Crippen molar-refractivity contribution in [1.82, 2.24) is 0 Å². The largest absolute Gasteiger partial charge is 0.462 e. The highest BCUT2D eigenvalue weighted by molar-refractivity contribution is 5.71. The van der Waals surface area contributed by atoms with Crippen molar-refractivity contribution in [3.05, 3.63) is 97.2 Å². The first-order chi connectivity index (χ1) is 35.5. The Morgan fingerprint density at radius 2 is 0.556 bits per heavy atom. The van der Waals surface area contributed by atoms with Gasteiger partial charge in [-0.25, -0.2) is 0 Å². The highest BCUT2D eigenvalue weighted by atomic mass is 16.6. The first-order valence-electron chi connectivity index (χ1n) is 30.3. The minimum atomic E-state index is -0.798. The standard InChI is InChI=1S/C66H112O6/c1-4-7-10-13-16-19-22-25-28-31-33-36-38-41-44-47-50-53-56-59-65(68)71-62-63(61-70-64(67)58-55-52-49-46-43-40-37-34-30-27-24-21-18-15-12-9-6-3)72-66(69)60-57-54-51-48-45-42-39-35-32-29-26-23-20-17-14-11-8-5-2/h7,10,13,16,19,22,25,27-28,30-31,33,36,38,41,44,63H,4-6,8-9,11-12,14-15,17-18,20-21,23-24,26,29,32,34-35,37,39-40,42-43,45-62H2,1-3H3/b10-7-,16-13-,22-19-,28-25-,30-27-,33-31+,38-36-,44-41-. The highest BCUT2D eigenvalue weighted by Gasteiger charge is 2.19. The molecule has 0 radical (unpaired) electrons. The summed E-state index contributed by atoms with van der Waals surface area (Å²) in [6.45, 7) is 6.48. The molecule has 0 aromatic carbocycles. The van der Waals surface area contributed by atoms with Gasteiger partial charge in [0.15, 0.2) is 6.10 Å². The summed E-state index contributed by atoms with van der Waals surface area (Å²) in [5.74, 6) is -0.933. The second-order valence-corrected chi connectivity index (χ2v) is 20.1. The van der Waals surface area contributed by atoms with E-state index < -0.39 is 6.10 Å². The molecular weight excluding hydrogens is 889 g/mol. The molecule has 72 heavy (non-hydrogen) atoms. The lowest BCUT2D eigenvalue weighted by atomic mass is 10.0. The van der Waals surface area contributed by atoms with E-state index in [0.717, 1.165) is 70.6 Å². The Balaban J connectivity index is 4.47. The molecule has 6 heteroatoms. The van der Waals surface area contributed by atoms with Crippen LogP contribution in [0.1, 0.15) is 284 Å². The third kappa shape index (κ3) is 57.2. The molecule has 1 atom stereocenters. The quantitative estimate of drug-likeness (QED) is 0.0199. The summed E-state index contributed by atoms with van der Waals surface area (Å²) in [7, 11) is 0. The summed E-state index contributed by atoms with van der Waals surface area (Å²) in [6.07, 6.45) is 79.7. The molecule has 0 aliphatic carbocycles. The number of hydrogen-bond donors (Lipinski definition) is 0. The van der Waals surface area contributed by atoms with Crippen molar-refractivity contribution in [2.45, 2.75) is 290 Å². The van der Waals surface area contributed by atoms with Crippen molar-refractivity contribution < 1.29 is 28.6 Å². The summed E-state index contributed by atoms with van der Waals surface area (Å²) in [5, 5.41) is 0. The third-order valence-corrected chi connectivity index (χ3v) is 13.0. The molecule has 0 aromatic heterocycles. The number of carbonyl (C=O) groups is 3. The first-order valence-corrected chi connectivity index (χ1v) is 30.3. The molecule has 0 N–H and O–H groups in total. The van der Waals surface area contributed by atoms with Crippen molar-refractivity contribution in [2.75, 3.05) is 13.2 Å². The molecule has 412 valence electrons. The number of rotatable bonds is 54. The van der Waals surface area contributed by atoms with Crippen LogP contribution in [0, 0.1) is 0 Å². The monoisotopic (exact) mass is 1000 g/mol. The molecule has 0 fully saturated rings. The normalized spacial score (nSPS) is 12.8. The molecule has 0 bridgehead atoms. The zero-order valence-electron chi connectivity index (χ0n) is 47.2. The van der Waals surface area contributed by atoms with Gasteiger partial charge in [0.25, 0.3) is 0 Å². The first kappa shape index (κ1) is 68.3. The Labute approximate surface area is 445 Å². The maximum absolute atomic E-state index is 12.9. The molecule has 6 nitrogen and oxygen atoms in total. The Morgan fingerprint density at radius 3 is 0.903 bits per heavy atom. The maximum atomic E-state index is 12.9. The van der Waals surface area contributed by atoms with E-state index in [1.54, 1.807) is 0 Å². The number of esters is 3. The van der Waals surface area contributed by atoms with Crippen LogP contribution in [0.5, 0.6) is 0 Å². The van der Waals surface area contributed by atoms with Gasteiger partial charge in [0.1, 0.15) is 13.2 Å². The summed E-state index contributed by atoms with van der Waals surface area (Å²) in [4.78, 5) is 38.3. The van der Waals surface area contributed by atoms with Gasteiger partial charge in [-0.1, -0.05) is 298 Å². The van der Waals surface area contributed by atoms with Gasteiger partial charge >= 0.3 is 17.9 Å². The molecule has 0 aliphatic heterocycles. The fraction of sp³-hybridized carbons (Fsp3) is 0.712. The van der Waals surface area contributed by atoms with Crippen molar-refractivity contribution in [1.29, 1.82) is 0 Å². The van der Waals surface area contributed by atoms with Crippen LogP contribution >= 0.6 is 0 Å². The van der Waals surface area contributed by atoms with E-state index in [4.69, 9.17) is 14.2 Å². The van der Waals surface area contributed by atoms with E-state index in [1.807, 2.05) is 66.8 Å². The van der Waals surface area contributed by atoms with Crippen molar-refractivity contribution >= 4 is 17.9 Å². The van der Waals surface area contributed by atoms with Gasteiger partial charge in [-0.15, -0.1) is 0 Å². The van der Waals surface area contributed by atoms with E-state index in [-0.39, 0.29) is 31.1 Å². The number of ether oxygens (including phenoxy) is 3. The molecular formula is C66H112O6. The van der Waals surface area contributed by atoms with Crippen LogP contribution in [-0.4, -0.2) is 37.2 Å². The summed E-state index contributed by atoms with van der Waals surface area (Å²) in [5.41, 5.74) is 0. The molecule has 0 heterocycles. The van der Waals surface area contributed by atoms with Crippen LogP contribution in [-0.2, 0) is 28.6 Å². The average Bonchev–Trinajstić information content (AvgIpc) is 3.38. The second-order valence-electron chi connectivity index (χ2n) is 20.1. The summed E-state index contributed by atoms with van der Waals surface area (Å²) in [6, 6.07) is 0. The Morgan fingerprint density at radius 1 is 0.292 bits per heavy atom. The van der Waals surface area contributed by atoms with Gasteiger partial charge in [0.2, 0.25) is 0 Å². The molecule has 0 amide bonds. The van der Waals surface area contributed by atoms with Gasteiger partial charge in [-0.2, -0.15) is 0 Å². The van der Waals surface area contributed by atoms with Crippen LogP contribution < -0.4 is 0 Å². The fourth-order valence-corrected chi connectivity index (χ4v) is 8.48.